The van der Waals surface area contributed by atoms with Crippen molar-refractivity contribution in [2.45, 2.75) is 13.3 Å². The van der Waals surface area contributed by atoms with Gasteiger partial charge in [0, 0.05) is 15.6 Å². The number of anilines is 1. The average Bonchev–Trinajstić information content (AvgIpc) is 2.79. The lowest BCUT2D eigenvalue weighted by Crippen LogP contribution is -2.15. The highest BCUT2D eigenvalue weighted by atomic mass is 127. The predicted molar refractivity (Wildman–Crippen MR) is 99.2 cm³/mol. The maximum atomic E-state index is 5.83. The standard InChI is InChI=1S/C12H14I2N6O/c1-3-10-17-19-12(20(10)15)18-16-6-7-4-8(13)5-9(14)11(7)21-2/h4-6H,3,15H2,1-2H3,(H,18,19). The van der Waals surface area contributed by atoms with E-state index in [1.165, 1.54) is 4.68 Å². The molecule has 1 aromatic heterocycles. The maximum Gasteiger partial charge on any atom is 0.263 e. The molecule has 0 atom stereocenters. The number of halogens is 2. The summed E-state index contributed by atoms with van der Waals surface area (Å²) in [4.78, 5) is 0. The third-order valence-corrected chi connectivity index (χ3v) is 4.12. The molecule has 0 aliphatic heterocycles. The van der Waals surface area contributed by atoms with Gasteiger partial charge < -0.3 is 10.6 Å². The first-order valence-corrected chi connectivity index (χ1v) is 8.24. The summed E-state index contributed by atoms with van der Waals surface area (Å²) in [5, 5.41) is 12.0. The Bertz CT molecular complexity index is 670. The molecule has 1 aromatic carbocycles. The first kappa shape index (κ1) is 16.3. The molecule has 2 aromatic rings. The van der Waals surface area contributed by atoms with Gasteiger partial charge in [0.05, 0.1) is 16.9 Å². The topological polar surface area (TPSA) is 90.4 Å². The number of aromatic nitrogens is 3. The largest absolute Gasteiger partial charge is 0.495 e. The van der Waals surface area contributed by atoms with Gasteiger partial charge in [0.15, 0.2) is 5.82 Å². The summed E-state index contributed by atoms with van der Waals surface area (Å²) >= 11 is 4.48. The van der Waals surface area contributed by atoms with Crippen molar-refractivity contribution in [3.63, 3.8) is 0 Å². The Morgan fingerprint density at radius 3 is 2.81 bits per heavy atom. The van der Waals surface area contributed by atoms with Crippen LogP contribution in [-0.4, -0.2) is 28.2 Å². The van der Waals surface area contributed by atoms with Crippen LogP contribution in [0.15, 0.2) is 17.2 Å². The summed E-state index contributed by atoms with van der Waals surface area (Å²) in [6.45, 7) is 1.96. The number of hydrogen-bond donors (Lipinski definition) is 2. The number of methoxy groups -OCH3 is 1. The molecule has 3 N–H and O–H groups in total. The zero-order chi connectivity index (χ0) is 15.4. The Morgan fingerprint density at radius 2 is 2.19 bits per heavy atom. The van der Waals surface area contributed by atoms with Crippen molar-refractivity contribution in [1.82, 2.24) is 14.9 Å². The molecule has 0 fully saturated rings. The smallest absolute Gasteiger partial charge is 0.263 e. The van der Waals surface area contributed by atoms with E-state index >= 15 is 0 Å². The molecule has 0 aliphatic carbocycles. The lowest BCUT2D eigenvalue weighted by molar-refractivity contribution is 0.411. The molecule has 0 unspecified atom stereocenters. The van der Waals surface area contributed by atoms with Gasteiger partial charge in [-0.15, -0.1) is 10.2 Å². The third kappa shape index (κ3) is 3.75. The number of nitrogens with zero attached hydrogens (tertiary/aromatic N) is 4. The summed E-state index contributed by atoms with van der Waals surface area (Å²) in [7, 11) is 1.64. The van der Waals surface area contributed by atoms with E-state index < -0.39 is 0 Å². The molecule has 0 saturated heterocycles. The van der Waals surface area contributed by atoms with E-state index in [4.69, 9.17) is 10.6 Å². The number of hydrogen-bond acceptors (Lipinski definition) is 6. The average molecular weight is 512 g/mol. The summed E-state index contributed by atoms with van der Waals surface area (Å²) in [5.74, 6) is 7.69. The molecule has 7 nitrogen and oxygen atoms in total. The molecule has 0 aliphatic rings. The summed E-state index contributed by atoms with van der Waals surface area (Å²) in [6.07, 6.45) is 2.38. The summed E-state index contributed by atoms with van der Waals surface area (Å²) in [6, 6.07) is 4.02. The predicted octanol–water partition coefficient (Wildman–Crippen LogP) is 2.22. The van der Waals surface area contributed by atoms with Gasteiger partial charge in [-0.2, -0.15) is 5.10 Å². The van der Waals surface area contributed by atoms with Gasteiger partial charge >= 0.3 is 0 Å². The van der Waals surface area contributed by atoms with Gasteiger partial charge in [0.1, 0.15) is 5.75 Å². The van der Waals surface area contributed by atoms with E-state index in [2.05, 4.69) is 65.9 Å². The lowest BCUT2D eigenvalue weighted by atomic mass is 10.2. The SMILES string of the molecule is CCc1nnc(NN=Cc2cc(I)cc(I)c2OC)n1N. The van der Waals surface area contributed by atoms with E-state index in [9.17, 15) is 0 Å². The van der Waals surface area contributed by atoms with Crippen molar-refractivity contribution >= 4 is 57.3 Å². The van der Waals surface area contributed by atoms with Gasteiger partial charge in [0.25, 0.3) is 5.95 Å². The van der Waals surface area contributed by atoms with Gasteiger partial charge in [-0.25, -0.2) is 10.1 Å². The van der Waals surface area contributed by atoms with Crippen LogP contribution in [0.2, 0.25) is 0 Å². The van der Waals surface area contributed by atoms with Crippen molar-refractivity contribution in [1.29, 1.82) is 0 Å². The molecule has 1 heterocycles. The van der Waals surface area contributed by atoms with Crippen LogP contribution in [0.4, 0.5) is 5.95 Å². The molecule has 9 heteroatoms. The van der Waals surface area contributed by atoms with Crippen molar-refractivity contribution in [2.75, 3.05) is 18.4 Å². The molecule has 2 rings (SSSR count). The zero-order valence-electron chi connectivity index (χ0n) is 11.5. The number of hydrazone groups is 1. The summed E-state index contributed by atoms with van der Waals surface area (Å²) < 4.78 is 8.91. The Labute approximate surface area is 149 Å². The number of aryl methyl sites for hydroxylation is 1. The van der Waals surface area contributed by atoms with Crippen LogP contribution in [0.3, 0.4) is 0 Å². The second-order valence-electron chi connectivity index (χ2n) is 4.04. The van der Waals surface area contributed by atoms with Crippen LogP contribution in [0.1, 0.15) is 18.3 Å². The number of nitrogens with one attached hydrogen (secondary N) is 1. The molecule has 0 spiro atoms. The Balaban J connectivity index is 2.20. The van der Waals surface area contributed by atoms with Crippen LogP contribution >= 0.6 is 45.2 Å². The third-order valence-electron chi connectivity index (χ3n) is 2.69. The number of ether oxygens (including phenoxy) is 1. The minimum atomic E-state index is 0.391. The number of nitrogens with two attached hydrogens (primary N) is 1. The number of nitrogen functional groups attached to an aromatic ring is 1. The van der Waals surface area contributed by atoms with Crippen molar-refractivity contribution in [3.05, 3.63) is 30.7 Å². The maximum absolute atomic E-state index is 5.83. The second kappa shape index (κ2) is 7.24. The van der Waals surface area contributed by atoms with E-state index in [-0.39, 0.29) is 0 Å². The highest BCUT2D eigenvalue weighted by molar-refractivity contribution is 14.1. The highest BCUT2D eigenvalue weighted by Gasteiger charge is 2.08. The van der Waals surface area contributed by atoms with Crippen LogP contribution in [0.25, 0.3) is 0 Å². The number of rotatable bonds is 5. The van der Waals surface area contributed by atoms with Gasteiger partial charge in [-0.1, -0.05) is 6.92 Å². The van der Waals surface area contributed by atoms with E-state index in [0.717, 1.165) is 18.5 Å². The van der Waals surface area contributed by atoms with Crippen molar-refractivity contribution < 1.29 is 4.74 Å². The van der Waals surface area contributed by atoms with Gasteiger partial charge in [0.2, 0.25) is 0 Å². The first-order chi connectivity index (χ1) is 10.1. The zero-order valence-corrected chi connectivity index (χ0v) is 15.8. The molecule has 0 amide bonds. The van der Waals surface area contributed by atoms with Gasteiger partial charge in [-0.05, 0) is 57.3 Å². The fourth-order valence-electron chi connectivity index (χ4n) is 1.69. The van der Waals surface area contributed by atoms with Crippen LogP contribution < -0.4 is 16.0 Å². The fraction of sp³-hybridized carbons (Fsp3) is 0.250. The summed E-state index contributed by atoms with van der Waals surface area (Å²) in [5.41, 5.74) is 3.65. The molecular formula is C12H14I2N6O. The fourth-order valence-corrected chi connectivity index (χ4v) is 3.80. The molecule has 112 valence electrons. The van der Waals surface area contributed by atoms with Crippen LogP contribution in [0, 0.1) is 7.14 Å². The highest BCUT2D eigenvalue weighted by Crippen LogP contribution is 2.26. The molecular weight excluding hydrogens is 498 g/mol. The Kier molecular flexibility index (Phi) is 5.61. The normalized spacial score (nSPS) is 11.0. The van der Waals surface area contributed by atoms with Gasteiger partial charge in [-0.3, -0.25) is 0 Å². The lowest BCUT2D eigenvalue weighted by Gasteiger charge is -2.08. The molecule has 0 bridgehead atoms. The number of benzene rings is 1. The molecule has 0 radical (unpaired) electrons. The van der Waals surface area contributed by atoms with Crippen molar-refractivity contribution in [2.24, 2.45) is 5.10 Å². The van der Waals surface area contributed by atoms with E-state index in [0.29, 0.717) is 18.2 Å². The van der Waals surface area contributed by atoms with Crippen LogP contribution in [-0.2, 0) is 6.42 Å². The minimum absolute atomic E-state index is 0.391. The van der Waals surface area contributed by atoms with Crippen LogP contribution in [0.5, 0.6) is 5.75 Å². The minimum Gasteiger partial charge on any atom is -0.495 e. The Hall–Kier alpha value is -1.11. The quantitative estimate of drug-likeness (QED) is 0.278. The second-order valence-corrected chi connectivity index (χ2v) is 6.45. The van der Waals surface area contributed by atoms with E-state index in [1.54, 1.807) is 13.3 Å². The molecule has 21 heavy (non-hydrogen) atoms. The van der Waals surface area contributed by atoms with Crippen molar-refractivity contribution in [3.8, 4) is 5.75 Å². The monoisotopic (exact) mass is 512 g/mol. The molecule has 0 saturated carbocycles. The first-order valence-electron chi connectivity index (χ1n) is 6.08. The Morgan fingerprint density at radius 1 is 1.43 bits per heavy atom. The van der Waals surface area contributed by atoms with E-state index in [1.807, 2.05) is 19.1 Å².